The van der Waals surface area contributed by atoms with Crippen molar-refractivity contribution in [3.05, 3.63) is 71.5 Å². The number of benzene rings is 2. The summed E-state index contributed by atoms with van der Waals surface area (Å²) < 4.78 is 29.5. The number of anilines is 1. The number of rotatable bonds is 4. The average Bonchev–Trinajstić information content (AvgIpc) is 3.40. The third kappa shape index (κ3) is 3.74. The van der Waals surface area contributed by atoms with E-state index in [1.165, 1.54) is 35.2 Å². The number of fused-ring (bicyclic) bond motifs is 3. The van der Waals surface area contributed by atoms with Gasteiger partial charge in [0, 0.05) is 16.7 Å². The zero-order valence-electron chi connectivity index (χ0n) is 17.5. The van der Waals surface area contributed by atoms with E-state index in [4.69, 9.17) is 14.9 Å². The molecule has 1 aromatic heterocycles. The lowest BCUT2D eigenvalue weighted by molar-refractivity contribution is -0.113. The summed E-state index contributed by atoms with van der Waals surface area (Å²) in [5.41, 5.74) is 1.40. The molecule has 2 N–H and O–H groups in total. The Morgan fingerprint density at radius 1 is 1.15 bits per heavy atom. The fourth-order valence-electron chi connectivity index (χ4n) is 3.53. The average molecular weight is 494 g/mol. The standard InChI is InChI=1S/C23H15N3O6S2/c1-34(30,31)15-7-8-17-19(11-15)33-23-25-21(27)16(20(24)26(17)23)10-14-6-9-18(32-14)12-2-4-13(5-3-12)22(28)29/h2-11,24H,1H3,(H,28,29). The maximum absolute atomic E-state index is 12.7. The molecule has 0 bridgehead atoms. The summed E-state index contributed by atoms with van der Waals surface area (Å²) in [6.07, 6.45) is 2.54. The molecule has 0 radical (unpaired) electrons. The summed E-state index contributed by atoms with van der Waals surface area (Å²) in [6, 6.07) is 14.0. The first-order valence-corrected chi connectivity index (χ1v) is 12.5. The van der Waals surface area contributed by atoms with Gasteiger partial charge in [0.05, 0.1) is 21.7 Å². The number of carboxylic acids is 1. The van der Waals surface area contributed by atoms with Gasteiger partial charge in [0.15, 0.2) is 15.0 Å². The van der Waals surface area contributed by atoms with Crippen LogP contribution in [-0.4, -0.2) is 42.7 Å². The lowest BCUT2D eigenvalue weighted by Gasteiger charge is -2.24. The highest BCUT2D eigenvalue weighted by molar-refractivity contribution is 8.15. The summed E-state index contributed by atoms with van der Waals surface area (Å²) in [5.74, 6) is -0.942. The normalized spacial score (nSPS) is 16.4. The maximum Gasteiger partial charge on any atom is 0.335 e. The molecule has 0 saturated heterocycles. The smallest absolute Gasteiger partial charge is 0.335 e. The molecule has 1 amide bonds. The van der Waals surface area contributed by atoms with Gasteiger partial charge in [0.1, 0.15) is 17.4 Å². The Kier molecular flexibility index (Phi) is 5.03. The van der Waals surface area contributed by atoms with Gasteiger partial charge in [-0.1, -0.05) is 12.1 Å². The fourth-order valence-corrected chi connectivity index (χ4v) is 5.31. The molecular weight excluding hydrogens is 478 g/mol. The van der Waals surface area contributed by atoms with Crippen LogP contribution < -0.4 is 4.90 Å². The van der Waals surface area contributed by atoms with Crippen molar-refractivity contribution in [1.29, 1.82) is 5.41 Å². The second-order valence-electron chi connectivity index (χ2n) is 7.53. The molecule has 2 aliphatic heterocycles. The van der Waals surface area contributed by atoms with Gasteiger partial charge in [-0.2, -0.15) is 4.99 Å². The second kappa shape index (κ2) is 7.82. The molecule has 0 fully saturated rings. The summed E-state index contributed by atoms with van der Waals surface area (Å²) in [5, 5.41) is 17.9. The van der Waals surface area contributed by atoms with Crippen molar-refractivity contribution in [2.75, 3.05) is 11.2 Å². The highest BCUT2D eigenvalue weighted by atomic mass is 32.2. The van der Waals surface area contributed by atoms with E-state index in [1.54, 1.807) is 30.3 Å². The minimum absolute atomic E-state index is 0.0199. The highest BCUT2D eigenvalue weighted by Crippen LogP contribution is 2.44. The Labute approximate surface area is 197 Å². The number of aromatic carboxylic acids is 1. The number of carboxylic acid groups (broad SMARTS) is 1. The molecule has 2 aliphatic rings. The summed E-state index contributed by atoms with van der Waals surface area (Å²) in [6.45, 7) is 0. The lowest BCUT2D eigenvalue weighted by atomic mass is 10.1. The van der Waals surface area contributed by atoms with Crippen LogP contribution in [0.4, 0.5) is 5.69 Å². The van der Waals surface area contributed by atoms with E-state index in [1.807, 2.05) is 0 Å². The Hall–Kier alpha value is -3.96. The Morgan fingerprint density at radius 2 is 1.88 bits per heavy atom. The van der Waals surface area contributed by atoms with Gasteiger partial charge in [-0.3, -0.25) is 15.1 Å². The van der Waals surface area contributed by atoms with Crippen molar-refractivity contribution < 1.29 is 27.5 Å². The number of carbonyl (C=O) groups is 2. The third-order valence-corrected chi connectivity index (χ3v) is 7.34. The number of hydrogen-bond donors (Lipinski definition) is 2. The van der Waals surface area contributed by atoms with Crippen molar-refractivity contribution in [3.63, 3.8) is 0 Å². The van der Waals surface area contributed by atoms with Crippen LogP contribution in [-0.2, 0) is 14.6 Å². The second-order valence-corrected chi connectivity index (χ2v) is 10.6. The van der Waals surface area contributed by atoms with Crippen molar-refractivity contribution in [3.8, 4) is 11.3 Å². The maximum atomic E-state index is 12.7. The number of amides is 1. The summed E-state index contributed by atoms with van der Waals surface area (Å²) >= 11 is 1.13. The van der Waals surface area contributed by atoms with E-state index in [2.05, 4.69) is 4.99 Å². The molecule has 0 aliphatic carbocycles. The van der Waals surface area contributed by atoms with Gasteiger partial charge in [0.25, 0.3) is 5.91 Å². The molecule has 34 heavy (non-hydrogen) atoms. The molecule has 0 atom stereocenters. The largest absolute Gasteiger partial charge is 0.478 e. The van der Waals surface area contributed by atoms with E-state index in [0.29, 0.717) is 27.7 Å². The van der Waals surface area contributed by atoms with Gasteiger partial charge < -0.3 is 9.52 Å². The number of nitrogens with one attached hydrogen (secondary N) is 1. The minimum atomic E-state index is -3.41. The number of hydrogen-bond acceptors (Lipinski definition) is 7. The zero-order chi connectivity index (χ0) is 24.2. The van der Waals surface area contributed by atoms with Gasteiger partial charge in [-0.05, 0) is 60.3 Å². The number of amidine groups is 2. The third-order valence-electron chi connectivity index (χ3n) is 5.23. The van der Waals surface area contributed by atoms with Crippen LogP contribution in [0.1, 0.15) is 16.1 Å². The Bertz CT molecular complexity index is 1570. The number of furan rings is 1. The van der Waals surface area contributed by atoms with E-state index < -0.39 is 21.7 Å². The van der Waals surface area contributed by atoms with Gasteiger partial charge in [0.2, 0.25) is 0 Å². The molecule has 11 heteroatoms. The van der Waals surface area contributed by atoms with Crippen molar-refractivity contribution in [2.45, 2.75) is 9.79 Å². The number of aliphatic imine (C=N–C) groups is 1. The highest BCUT2D eigenvalue weighted by Gasteiger charge is 2.38. The first kappa shape index (κ1) is 21.9. The molecular formula is C23H15N3O6S2. The van der Waals surface area contributed by atoms with Gasteiger partial charge in [-0.15, -0.1) is 0 Å². The predicted octanol–water partition coefficient (Wildman–Crippen LogP) is 3.92. The molecule has 9 nitrogen and oxygen atoms in total. The summed E-state index contributed by atoms with van der Waals surface area (Å²) in [4.78, 5) is 30.0. The van der Waals surface area contributed by atoms with Crippen LogP contribution in [0.15, 0.2) is 79.4 Å². The number of carbonyl (C=O) groups excluding carboxylic acids is 1. The number of thioether (sulfide) groups is 1. The zero-order valence-corrected chi connectivity index (χ0v) is 19.1. The molecule has 5 rings (SSSR count). The molecule has 3 aromatic rings. The number of sulfone groups is 1. The van der Waals surface area contributed by atoms with Crippen LogP contribution in [0.25, 0.3) is 17.4 Å². The molecule has 2 aromatic carbocycles. The predicted molar refractivity (Wildman–Crippen MR) is 127 cm³/mol. The van der Waals surface area contributed by atoms with Crippen LogP contribution >= 0.6 is 11.8 Å². The van der Waals surface area contributed by atoms with Gasteiger partial charge in [-0.25, -0.2) is 13.2 Å². The van der Waals surface area contributed by atoms with Gasteiger partial charge >= 0.3 is 5.97 Å². The van der Waals surface area contributed by atoms with E-state index in [9.17, 15) is 18.0 Å². The fraction of sp³-hybridized carbons (Fsp3) is 0.0435. The molecule has 170 valence electrons. The van der Waals surface area contributed by atoms with Crippen molar-refractivity contribution in [1.82, 2.24) is 0 Å². The van der Waals surface area contributed by atoms with E-state index >= 15 is 0 Å². The first-order chi connectivity index (χ1) is 16.1. The topological polar surface area (TPSA) is 141 Å². The summed E-state index contributed by atoms with van der Waals surface area (Å²) in [7, 11) is -3.41. The quantitative estimate of drug-likeness (QED) is 0.521. The number of nitrogens with zero attached hydrogens (tertiary/aromatic N) is 2. The van der Waals surface area contributed by atoms with Crippen molar-refractivity contribution >= 4 is 56.2 Å². The Balaban J connectivity index is 1.46. The van der Waals surface area contributed by atoms with Crippen molar-refractivity contribution in [2.24, 2.45) is 4.99 Å². The Morgan fingerprint density at radius 3 is 2.56 bits per heavy atom. The van der Waals surface area contributed by atoms with Crippen LogP contribution in [0.5, 0.6) is 0 Å². The molecule has 0 spiro atoms. The van der Waals surface area contributed by atoms with E-state index in [0.717, 1.165) is 18.0 Å². The molecule has 0 unspecified atom stereocenters. The lowest BCUT2D eigenvalue weighted by Crippen LogP contribution is -2.39. The van der Waals surface area contributed by atoms with Crippen LogP contribution in [0, 0.1) is 5.41 Å². The van der Waals surface area contributed by atoms with Crippen LogP contribution in [0.3, 0.4) is 0 Å². The monoisotopic (exact) mass is 493 g/mol. The first-order valence-electron chi connectivity index (χ1n) is 9.81. The minimum Gasteiger partial charge on any atom is -0.478 e. The SMILES string of the molecule is CS(=O)(=O)c1ccc2c(c1)SC1=NC(=O)C(=Cc3ccc(-c4ccc(C(=O)O)cc4)o3)C(=N)N12. The van der Waals surface area contributed by atoms with Crippen LogP contribution in [0.2, 0.25) is 0 Å². The molecule has 3 heterocycles. The molecule has 0 saturated carbocycles. The van der Waals surface area contributed by atoms with E-state index in [-0.39, 0.29) is 27.0 Å².